The molecule has 156 valence electrons. The van der Waals surface area contributed by atoms with Crippen LogP contribution >= 0.6 is 0 Å². The van der Waals surface area contributed by atoms with Gasteiger partial charge in [0.15, 0.2) is 0 Å². The van der Waals surface area contributed by atoms with Gasteiger partial charge < -0.3 is 10.2 Å². The molecule has 0 amide bonds. The molecule has 0 spiro atoms. The summed E-state index contributed by atoms with van der Waals surface area (Å²) in [7, 11) is -3.88. The van der Waals surface area contributed by atoms with Crippen LogP contribution in [0.2, 0.25) is 0 Å². The first-order chi connectivity index (χ1) is 13.8. The van der Waals surface area contributed by atoms with Gasteiger partial charge in [0, 0.05) is 11.5 Å². The molecule has 1 saturated heterocycles. The summed E-state index contributed by atoms with van der Waals surface area (Å²) >= 11 is 0. The van der Waals surface area contributed by atoms with Crippen LogP contribution in [0.1, 0.15) is 49.8 Å². The Hall–Kier alpha value is -1.73. The van der Waals surface area contributed by atoms with E-state index in [0.717, 1.165) is 18.4 Å². The average Bonchev–Trinajstić information content (AvgIpc) is 2.72. The lowest BCUT2D eigenvalue weighted by Gasteiger charge is -2.57. The van der Waals surface area contributed by atoms with Crippen molar-refractivity contribution in [3.63, 3.8) is 0 Å². The lowest BCUT2D eigenvalue weighted by molar-refractivity contribution is -0.163. The molecular weight excluding hydrogens is 386 g/mol. The van der Waals surface area contributed by atoms with E-state index in [4.69, 9.17) is 0 Å². The highest BCUT2D eigenvalue weighted by Crippen LogP contribution is 2.52. The fraction of sp³-hybridized carbons (Fsp3) is 0.478. The van der Waals surface area contributed by atoms with Crippen LogP contribution in [-0.4, -0.2) is 41.2 Å². The molecular formula is C23H29NO4S. The van der Waals surface area contributed by atoms with Crippen LogP contribution in [0.15, 0.2) is 59.5 Å². The second-order valence-corrected chi connectivity index (χ2v) is 10.5. The quantitative estimate of drug-likeness (QED) is 0.805. The first kappa shape index (κ1) is 20.5. The van der Waals surface area contributed by atoms with Crippen molar-refractivity contribution in [1.82, 2.24) is 4.31 Å². The Kier molecular flexibility index (Phi) is 5.32. The van der Waals surface area contributed by atoms with Gasteiger partial charge in [0.2, 0.25) is 10.0 Å². The maximum Gasteiger partial charge on any atom is 0.243 e. The molecule has 29 heavy (non-hydrogen) atoms. The lowest BCUT2D eigenvalue weighted by Crippen LogP contribution is -2.66. The third-order valence-electron chi connectivity index (χ3n) is 6.85. The van der Waals surface area contributed by atoms with Crippen molar-refractivity contribution in [3.8, 4) is 0 Å². The summed E-state index contributed by atoms with van der Waals surface area (Å²) in [6.45, 7) is 3.84. The van der Waals surface area contributed by atoms with Gasteiger partial charge in [0.1, 0.15) is 6.10 Å². The SMILES string of the molecule is Cc1ccc(S(=O)(=O)N2[C@@H](c3ccccc3)[C@H](O)[C@H](O)[C@]3(C)CCCC[C@@H]23)cc1. The normalized spacial score (nSPS) is 33.2. The molecule has 2 aromatic carbocycles. The molecule has 6 heteroatoms. The standard InChI is InChI=1S/C23H29NO4S/c1-16-11-13-18(14-12-16)29(27,28)24-19-10-6-7-15-23(19,2)22(26)21(25)20(24)17-8-4-3-5-9-17/h3-5,8-9,11-14,19-22,25-26H,6-7,10,15H2,1-2H3/t19-,20+,21+,22+,23-/m1/s1. The van der Waals surface area contributed by atoms with Crippen molar-refractivity contribution in [1.29, 1.82) is 0 Å². The smallest absolute Gasteiger partial charge is 0.243 e. The van der Waals surface area contributed by atoms with E-state index in [1.54, 1.807) is 24.3 Å². The van der Waals surface area contributed by atoms with Gasteiger partial charge in [-0.2, -0.15) is 4.31 Å². The summed E-state index contributed by atoms with van der Waals surface area (Å²) in [5.74, 6) is 0. The zero-order chi connectivity index (χ0) is 20.8. The number of piperidine rings is 1. The van der Waals surface area contributed by atoms with Crippen molar-refractivity contribution in [2.75, 3.05) is 0 Å². The van der Waals surface area contributed by atoms with E-state index < -0.39 is 33.7 Å². The summed E-state index contributed by atoms with van der Waals surface area (Å²) in [4.78, 5) is 0.223. The van der Waals surface area contributed by atoms with Crippen LogP contribution in [0, 0.1) is 12.3 Å². The summed E-state index contributed by atoms with van der Waals surface area (Å²) in [6, 6.07) is 14.8. The fourth-order valence-electron chi connectivity index (χ4n) is 5.15. The highest BCUT2D eigenvalue weighted by atomic mass is 32.2. The predicted molar refractivity (Wildman–Crippen MR) is 112 cm³/mol. The number of sulfonamides is 1. The van der Waals surface area contributed by atoms with Crippen molar-refractivity contribution in [2.45, 2.75) is 68.7 Å². The van der Waals surface area contributed by atoms with E-state index in [9.17, 15) is 18.6 Å². The molecule has 1 aliphatic carbocycles. The van der Waals surface area contributed by atoms with Gasteiger partial charge in [-0.3, -0.25) is 0 Å². The van der Waals surface area contributed by atoms with E-state index in [1.807, 2.05) is 44.2 Å². The molecule has 5 nitrogen and oxygen atoms in total. The number of aryl methyl sites for hydroxylation is 1. The van der Waals surface area contributed by atoms with E-state index in [-0.39, 0.29) is 10.9 Å². The van der Waals surface area contributed by atoms with Crippen LogP contribution in [0.4, 0.5) is 0 Å². The minimum Gasteiger partial charge on any atom is -0.390 e. The van der Waals surface area contributed by atoms with Gasteiger partial charge in [0.05, 0.1) is 17.0 Å². The molecule has 0 bridgehead atoms. The first-order valence-electron chi connectivity index (χ1n) is 10.3. The fourth-order valence-corrected chi connectivity index (χ4v) is 7.10. The Bertz CT molecular complexity index is 960. The molecule has 0 radical (unpaired) electrons. The van der Waals surface area contributed by atoms with E-state index in [2.05, 4.69) is 0 Å². The van der Waals surface area contributed by atoms with Gasteiger partial charge in [-0.25, -0.2) is 8.42 Å². The molecule has 1 aliphatic heterocycles. The second-order valence-electron chi connectivity index (χ2n) is 8.71. The zero-order valence-corrected chi connectivity index (χ0v) is 17.7. The summed E-state index contributed by atoms with van der Waals surface area (Å²) in [5.41, 5.74) is 1.00. The summed E-state index contributed by atoms with van der Waals surface area (Å²) < 4.78 is 29.2. The van der Waals surface area contributed by atoms with Gasteiger partial charge in [-0.05, 0) is 37.5 Å². The number of benzene rings is 2. The van der Waals surface area contributed by atoms with Crippen LogP contribution in [-0.2, 0) is 10.0 Å². The predicted octanol–water partition coefficient (Wildman–Crippen LogP) is 3.41. The van der Waals surface area contributed by atoms with Crippen LogP contribution in [0.3, 0.4) is 0 Å². The number of hydrogen-bond acceptors (Lipinski definition) is 4. The average molecular weight is 416 g/mol. The molecule has 2 aromatic rings. The maximum absolute atomic E-state index is 13.9. The number of hydrogen-bond donors (Lipinski definition) is 2. The van der Waals surface area contributed by atoms with Crippen molar-refractivity contribution in [2.24, 2.45) is 5.41 Å². The van der Waals surface area contributed by atoms with E-state index in [1.165, 1.54) is 4.31 Å². The lowest BCUT2D eigenvalue weighted by atomic mass is 9.63. The number of fused-ring (bicyclic) bond motifs is 1. The first-order valence-corrected chi connectivity index (χ1v) is 11.7. The number of nitrogens with zero attached hydrogens (tertiary/aromatic N) is 1. The van der Waals surface area contributed by atoms with Gasteiger partial charge in [-0.15, -0.1) is 0 Å². The molecule has 2 N–H and O–H groups in total. The largest absolute Gasteiger partial charge is 0.390 e. The minimum atomic E-state index is -3.88. The van der Waals surface area contributed by atoms with Crippen molar-refractivity contribution in [3.05, 3.63) is 65.7 Å². The van der Waals surface area contributed by atoms with E-state index in [0.29, 0.717) is 18.4 Å². The Morgan fingerprint density at radius 1 is 1.00 bits per heavy atom. The number of aliphatic hydroxyl groups is 2. The van der Waals surface area contributed by atoms with Gasteiger partial charge >= 0.3 is 0 Å². The third-order valence-corrected chi connectivity index (χ3v) is 8.75. The highest BCUT2D eigenvalue weighted by molar-refractivity contribution is 7.89. The summed E-state index contributed by atoms with van der Waals surface area (Å²) in [6.07, 6.45) is 1.02. The second kappa shape index (κ2) is 7.51. The molecule has 5 atom stereocenters. The van der Waals surface area contributed by atoms with Crippen molar-refractivity contribution < 1.29 is 18.6 Å². The molecule has 2 fully saturated rings. The van der Waals surface area contributed by atoms with E-state index >= 15 is 0 Å². The molecule has 4 rings (SSSR count). The van der Waals surface area contributed by atoms with Crippen LogP contribution < -0.4 is 0 Å². The topological polar surface area (TPSA) is 77.8 Å². The molecule has 0 unspecified atom stereocenters. The molecule has 0 aromatic heterocycles. The Morgan fingerprint density at radius 3 is 2.31 bits per heavy atom. The summed E-state index contributed by atoms with van der Waals surface area (Å²) in [5, 5.41) is 22.2. The van der Waals surface area contributed by atoms with Crippen LogP contribution in [0.25, 0.3) is 0 Å². The monoisotopic (exact) mass is 415 g/mol. The zero-order valence-electron chi connectivity index (χ0n) is 16.9. The highest BCUT2D eigenvalue weighted by Gasteiger charge is 2.59. The maximum atomic E-state index is 13.9. The third kappa shape index (κ3) is 3.32. The Morgan fingerprint density at radius 2 is 1.66 bits per heavy atom. The van der Waals surface area contributed by atoms with Gasteiger partial charge in [0.25, 0.3) is 0 Å². The number of rotatable bonds is 3. The molecule has 1 saturated carbocycles. The van der Waals surface area contributed by atoms with Crippen molar-refractivity contribution >= 4 is 10.0 Å². The number of aliphatic hydroxyl groups excluding tert-OH is 2. The molecule has 1 heterocycles. The minimum absolute atomic E-state index is 0.223. The molecule has 2 aliphatic rings. The van der Waals surface area contributed by atoms with Crippen LogP contribution in [0.5, 0.6) is 0 Å². The Labute approximate surface area is 173 Å². The van der Waals surface area contributed by atoms with Gasteiger partial charge in [-0.1, -0.05) is 67.8 Å². The Balaban J connectivity index is 1.90.